The van der Waals surface area contributed by atoms with E-state index in [0.29, 0.717) is 5.82 Å². The van der Waals surface area contributed by atoms with Crippen LogP contribution in [0.3, 0.4) is 0 Å². The number of anilines is 1. The van der Waals surface area contributed by atoms with E-state index in [9.17, 15) is 4.79 Å². The van der Waals surface area contributed by atoms with Gasteiger partial charge in [0.2, 0.25) is 6.10 Å². The molecule has 1 amide bonds. The van der Waals surface area contributed by atoms with Crippen LogP contribution < -0.4 is 5.32 Å². The number of aromatic nitrogens is 1. The van der Waals surface area contributed by atoms with Crippen LogP contribution in [-0.4, -0.2) is 10.9 Å². The summed E-state index contributed by atoms with van der Waals surface area (Å²) in [7, 11) is 0. The lowest BCUT2D eigenvalue weighted by atomic mass is 10.0. The summed E-state index contributed by atoms with van der Waals surface area (Å²) in [6.45, 7) is 0. The van der Waals surface area contributed by atoms with Crippen molar-refractivity contribution < 1.29 is 9.53 Å². The molecule has 2 aliphatic heterocycles. The molecule has 1 N–H and O–H groups in total. The molecule has 3 rings (SSSR count). The van der Waals surface area contributed by atoms with E-state index < -0.39 is 6.10 Å². The van der Waals surface area contributed by atoms with Gasteiger partial charge in [-0.3, -0.25) is 4.79 Å². The fourth-order valence-corrected chi connectivity index (χ4v) is 1.64. The maximum atomic E-state index is 11.3. The van der Waals surface area contributed by atoms with Crippen LogP contribution in [0.2, 0.25) is 0 Å². The Kier molecular flexibility index (Phi) is 1.07. The first-order valence-electron chi connectivity index (χ1n) is 3.98. The number of amides is 1. The quantitative estimate of drug-likeness (QED) is 0.640. The van der Waals surface area contributed by atoms with E-state index in [2.05, 4.69) is 10.3 Å². The third-order valence-corrected chi connectivity index (χ3v) is 2.23. The molecular formula is C9H6N2O2. The average molecular weight is 174 g/mol. The van der Waals surface area contributed by atoms with Crippen molar-refractivity contribution in [3.63, 3.8) is 0 Å². The van der Waals surface area contributed by atoms with Gasteiger partial charge < -0.3 is 10.1 Å². The van der Waals surface area contributed by atoms with Crippen molar-refractivity contribution in [1.29, 1.82) is 0 Å². The highest BCUT2D eigenvalue weighted by Gasteiger charge is 2.35. The van der Waals surface area contributed by atoms with E-state index >= 15 is 0 Å². The zero-order chi connectivity index (χ0) is 8.84. The van der Waals surface area contributed by atoms with Crippen molar-refractivity contribution in [3.8, 4) is 0 Å². The van der Waals surface area contributed by atoms with Crippen LogP contribution in [0.1, 0.15) is 17.2 Å². The van der Waals surface area contributed by atoms with Crippen molar-refractivity contribution >= 4 is 17.8 Å². The Labute approximate surface area is 74.2 Å². The lowest BCUT2D eigenvalue weighted by Crippen LogP contribution is -2.14. The number of hydrogen-bond donors (Lipinski definition) is 1. The molecule has 0 saturated carbocycles. The number of ether oxygens (including phenoxy) is 1. The SMILES string of the molecule is O=C1Nc2nccc3c2C1OC=C3. The Bertz CT molecular complexity index is 426. The summed E-state index contributed by atoms with van der Waals surface area (Å²) < 4.78 is 5.19. The third-order valence-electron chi connectivity index (χ3n) is 2.23. The highest BCUT2D eigenvalue weighted by Crippen LogP contribution is 2.37. The summed E-state index contributed by atoms with van der Waals surface area (Å²) in [5, 5.41) is 2.66. The van der Waals surface area contributed by atoms with Crippen LogP contribution in [0.15, 0.2) is 18.5 Å². The molecule has 4 nitrogen and oxygen atoms in total. The van der Waals surface area contributed by atoms with E-state index in [0.717, 1.165) is 11.1 Å². The molecule has 0 aliphatic carbocycles. The van der Waals surface area contributed by atoms with Crippen molar-refractivity contribution in [2.45, 2.75) is 6.10 Å². The van der Waals surface area contributed by atoms with Gasteiger partial charge in [0.15, 0.2) is 0 Å². The van der Waals surface area contributed by atoms with E-state index in [4.69, 9.17) is 4.74 Å². The van der Waals surface area contributed by atoms with Gasteiger partial charge in [-0.25, -0.2) is 4.98 Å². The van der Waals surface area contributed by atoms with E-state index in [1.807, 2.05) is 12.1 Å². The maximum Gasteiger partial charge on any atom is 0.271 e. The molecule has 1 unspecified atom stereocenters. The van der Waals surface area contributed by atoms with Crippen molar-refractivity contribution in [2.75, 3.05) is 5.32 Å². The molecule has 0 fully saturated rings. The van der Waals surface area contributed by atoms with Gasteiger partial charge in [-0.2, -0.15) is 0 Å². The van der Waals surface area contributed by atoms with Crippen LogP contribution in [-0.2, 0) is 9.53 Å². The fraction of sp³-hybridized carbons (Fsp3) is 0.111. The minimum absolute atomic E-state index is 0.140. The third kappa shape index (κ3) is 0.744. The van der Waals surface area contributed by atoms with Crippen LogP contribution in [0.25, 0.3) is 6.08 Å². The standard InChI is InChI=1S/C9H6N2O2/c12-9-7-6-5(2-4-13-7)1-3-10-8(6)11-9/h1-4,7H,(H,10,11,12). The number of hydrogen-bond acceptors (Lipinski definition) is 3. The van der Waals surface area contributed by atoms with Crippen LogP contribution >= 0.6 is 0 Å². The zero-order valence-electron chi connectivity index (χ0n) is 6.65. The van der Waals surface area contributed by atoms with Crippen LogP contribution in [0.4, 0.5) is 5.82 Å². The molecule has 64 valence electrons. The first kappa shape index (κ1) is 6.65. The van der Waals surface area contributed by atoms with E-state index in [1.54, 1.807) is 12.5 Å². The maximum absolute atomic E-state index is 11.3. The van der Waals surface area contributed by atoms with Crippen LogP contribution in [0.5, 0.6) is 0 Å². The van der Waals surface area contributed by atoms with Gasteiger partial charge in [-0.15, -0.1) is 0 Å². The number of rotatable bonds is 0. The topological polar surface area (TPSA) is 51.2 Å². The number of pyridine rings is 1. The van der Waals surface area contributed by atoms with Crippen molar-refractivity contribution in [2.24, 2.45) is 0 Å². The molecule has 13 heavy (non-hydrogen) atoms. The molecular weight excluding hydrogens is 168 g/mol. The summed E-state index contributed by atoms with van der Waals surface area (Å²) >= 11 is 0. The van der Waals surface area contributed by atoms with Gasteiger partial charge in [0.05, 0.1) is 11.8 Å². The first-order chi connectivity index (χ1) is 6.36. The predicted molar refractivity (Wildman–Crippen MR) is 45.7 cm³/mol. The molecule has 1 aromatic heterocycles. The molecule has 0 aromatic carbocycles. The number of nitrogens with zero attached hydrogens (tertiary/aromatic N) is 1. The second kappa shape index (κ2) is 2.10. The highest BCUT2D eigenvalue weighted by molar-refractivity contribution is 6.02. The summed E-state index contributed by atoms with van der Waals surface area (Å²) in [6, 6.07) is 1.87. The lowest BCUT2D eigenvalue weighted by Gasteiger charge is -2.14. The average Bonchev–Trinajstić information content (AvgIpc) is 2.47. The molecule has 1 aromatic rings. The lowest BCUT2D eigenvalue weighted by molar-refractivity contribution is -0.123. The van der Waals surface area contributed by atoms with Gasteiger partial charge in [0, 0.05) is 6.20 Å². The molecule has 2 aliphatic rings. The van der Waals surface area contributed by atoms with Crippen molar-refractivity contribution in [3.05, 3.63) is 29.7 Å². The Morgan fingerprint density at radius 3 is 3.38 bits per heavy atom. The van der Waals surface area contributed by atoms with Gasteiger partial charge in [0.25, 0.3) is 5.91 Å². The molecule has 1 atom stereocenters. The molecule has 0 spiro atoms. The predicted octanol–water partition coefficient (Wildman–Crippen LogP) is 1.08. The highest BCUT2D eigenvalue weighted by atomic mass is 16.5. The zero-order valence-corrected chi connectivity index (χ0v) is 6.65. The Morgan fingerprint density at radius 2 is 2.46 bits per heavy atom. The minimum atomic E-state index is -0.497. The molecule has 0 bridgehead atoms. The smallest absolute Gasteiger partial charge is 0.271 e. The Balaban J connectivity index is 2.32. The largest absolute Gasteiger partial charge is 0.483 e. The molecule has 3 heterocycles. The summed E-state index contributed by atoms with van der Waals surface area (Å²) in [5.41, 5.74) is 1.86. The van der Waals surface area contributed by atoms with Crippen molar-refractivity contribution in [1.82, 2.24) is 4.98 Å². The second-order valence-electron chi connectivity index (χ2n) is 2.97. The molecule has 0 radical (unpaired) electrons. The number of carbonyl (C=O) groups is 1. The van der Waals surface area contributed by atoms with Crippen LogP contribution in [0, 0.1) is 0 Å². The fourth-order valence-electron chi connectivity index (χ4n) is 1.64. The monoisotopic (exact) mass is 174 g/mol. The number of carbonyl (C=O) groups excluding carboxylic acids is 1. The Hall–Kier alpha value is -1.84. The van der Waals surface area contributed by atoms with Gasteiger partial charge in [-0.05, 0) is 17.7 Å². The number of nitrogens with one attached hydrogen (secondary N) is 1. The molecule has 4 heteroatoms. The minimum Gasteiger partial charge on any atom is -0.483 e. The summed E-state index contributed by atoms with van der Waals surface area (Å²) in [4.78, 5) is 15.4. The normalized spacial score (nSPS) is 22.2. The van der Waals surface area contributed by atoms with Gasteiger partial charge in [0.1, 0.15) is 5.82 Å². The summed E-state index contributed by atoms with van der Waals surface area (Å²) in [6.07, 6.45) is 4.55. The van der Waals surface area contributed by atoms with Gasteiger partial charge >= 0.3 is 0 Å². The first-order valence-corrected chi connectivity index (χ1v) is 3.98. The summed E-state index contributed by atoms with van der Waals surface area (Å²) in [5.74, 6) is 0.483. The van der Waals surface area contributed by atoms with Gasteiger partial charge in [-0.1, -0.05) is 0 Å². The van der Waals surface area contributed by atoms with E-state index in [1.165, 1.54) is 0 Å². The van der Waals surface area contributed by atoms with E-state index in [-0.39, 0.29) is 5.91 Å². The molecule has 0 saturated heterocycles. The Morgan fingerprint density at radius 1 is 1.54 bits per heavy atom. The second-order valence-corrected chi connectivity index (χ2v) is 2.97.